The van der Waals surface area contributed by atoms with Crippen LogP contribution in [-0.2, 0) is 4.79 Å². The first kappa shape index (κ1) is 18.8. The number of ether oxygens (including phenoxy) is 2. The van der Waals surface area contributed by atoms with Gasteiger partial charge in [-0.2, -0.15) is 0 Å². The third kappa shape index (κ3) is 4.78. The number of methoxy groups -OCH3 is 2. The van der Waals surface area contributed by atoms with Crippen LogP contribution in [0.15, 0.2) is 42.5 Å². The van der Waals surface area contributed by atoms with Crippen LogP contribution in [0.25, 0.3) is 0 Å². The van der Waals surface area contributed by atoms with E-state index in [9.17, 15) is 9.59 Å². The molecule has 2 N–H and O–H groups in total. The maximum atomic E-state index is 12.2. The second kappa shape index (κ2) is 8.58. The van der Waals surface area contributed by atoms with Crippen molar-refractivity contribution in [2.75, 3.05) is 26.1 Å². The van der Waals surface area contributed by atoms with E-state index in [-0.39, 0.29) is 18.4 Å². The van der Waals surface area contributed by atoms with Gasteiger partial charge in [0.25, 0.3) is 5.91 Å². The molecule has 27 heavy (non-hydrogen) atoms. The van der Waals surface area contributed by atoms with Crippen molar-refractivity contribution in [3.63, 3.8) is 0 Å². The molecule has 2 amide bonds. The number of rotatable bonds is 7. The smallest absolute Gasteiger partial charge is 0.251 e. The fraction of sp³-hybridized carbons (Fsp3) is 0.333. The molecule has 0 saturated heterocycles. The first-order chi connectivity index (χ1) is 13.1. The molecule has 1 aliphatic carbocycles. The van der Waals surface area contributed by atoms with Crippen LogP contribution in [0.4, 0.5) is 5.69 Å². The van der Waals surface area contributed by atoms with Gasteiger partial charge in [-0.05, 0) is 36.5 Å². The Labute approximate surface area is 158 Å². The Balaban J connectivity index is 1.53. The van der Waals surface area contributed by atoms with Gasteiger partial charge in [-0.15, -0.1) is 0 Å². The highest BCUT2D eigenvalue weighted by molar-refractivity contribution is 5.99. The van der Waals surface area contributed by atoms with E-state index in [1.54, 1.807) is 18.2 Å². The van der Waals surface area contributed by atoms with E-state index in [0.717, 1.165) is 0 Å². The summed E-state index contributed by atoms with van der Waals surface area (Å²) in [6, 6.07) is 12.7. The summed E-state index contributed by atoms with van der Waals surface area (Å²) < 4.78 is 10.3. The standard InChI is InChI=1S/C21H24N2O4/c1-26-18-10-17(11-19(12-18)27-2)23-20(24)13-22-21(25)16-8-6-15(7-9-16)14-4-3-5-14/h6-12,14H,3-5,13H2,1-2H3,(H,22,25)(H,23,24). The highest BCUT2D eigenvalue weighted by Crippen LogP contribution is 2.36. The molecule has 0 bridgehead atoms. The van der Waals surface area contributed by atoms with E-state index in [2.05, 4.69) is 10.6 Å². The van der Waals surface area contributed by atoms with E-state index < -0.39 is 0 Å². The first-order valence-electron chi connectivity index (χ1n) is 9.00. The molecule has 0 aromatic heterocycles. The summed E-state index contributed by atoms with van der Waals surface area (Å²) in [5.74, 6) is 1.17. The minimum atomic E-state index is -0.329. The first-order valence-corrected chi connectivity index (χ1v) is 9.00. The van der Waals surface area contributed by atoms with Crippen LogP contribution < -0.4 is 20.1 Å². The molecule has 0 aliphatic heterocycles. The largest absolute Gasteiger partial charge is 0.497 e. The third-order valence-corrected chi connectivity index (χ3v) is 4.79. The Morgan fingerprint density at radius 1 is 1.00 bits per heavy atom. The number of anilines is 1. The number of carbonyl (C=O) groups is 2. The van der Waals surface area contributed by atoms with Gasteiger partial charge in [-0.25, -0.2) is 0 Å². The lowest BCUT2D eigenvalue weighted by Gasteiger charge is -2.25. The molecule has 6 heteroatoms. The number of amides is 2. The summed E-state index contributed by atoms with van der Waals surface area (Å²) >= 11 is 0. The molecule has 0 atom stereocenters. The monoisotopic (exact) mass is 368 g/mol. The molecule has 1 aliphatic rings. The van der Waals surface area contributed by atoms with Crippen molar-refractivity contribution in [2.24, 2.45) is 0 Å². The van der Waals surface area contributed by atoms with Gasteiger partial charge in [0.2, 0.25) is 5.91 Å². The molecule has 3 rings (SSSR count). The maximum absolute atomic E-state index is 12.2. The Bertz CT molecular complexity index is 791. The second-order valence-corrected chi connectivity index (χ2v) is 6.58. The van der Waals surface area contributed by atoms with Gasteiger partial charge in [0.05, 0.1) is 20.8 Å². The lowest BCUT2D eigenvalue weighted by molar-refractivity contribution is -0.115. The molecular formula is C21H24N2O4. The van der Waals surface area contributed by atoms with E-state index >= 15 is 0 Å². The van der Waals surface area contributed by atoms with Crippen LogP contribution in [0, 0.1) is 0 Å². The van der Waals surface area contributed by atoms with Crippen LogP contribution in [0.5, 0.6) is 11.5 Å². The van der Waals surface area contributed by atoms with Crippen LogP contribution in [0.2, 0.25) is 0 Å². The number of hydrogen-bond acceptors (Lipinski definition) is 4. The maximum Gasteiger partial charge on any atom is 0.251 e. The number of benzene rings is 2. The van der Waals surface area contributed by atoms with Gasteiger partial charge in [0.15, 0.2) is 0 Å². The topological polar surface area (TPSA) is 76.7 Å². The van der Waals surface area contributed by atoms with Crippen molar-refractivity contribution < 1.29 is 19.1 Å². The number of hydrogen-bond donors (Lipinski definition) is 2. The van der Waals surface area contributed by atoms with Crippen LogP contribution in [0.1, 0.15) is 41.1 Å². The van der Waals surface area contributed by atoms with Gasteiger partial charge in [-0.3, -0.25) is 9.59 Å². The minimum absolute atomic E-state index is 0.122. The third-order valence-electron chi connectivity index (χ3n) is 4.79. The van der Waals surface area contributed by atoms with Crippen molar-refractivity contribution in [1.29, 1.82) is 0 Å². The molecular weight excluding hydrogens is 344 g/mol. The van der Waals surface area contributed by atoms with Gasteiger partial charge < -0.3 is 20.1 Å². The van der Waals surface area contributed by atoms with E-state index in [1.165, 1.54) is 39.0 Å². The van der Waals surface area contributed by atoms with Crippen molar-refractivity contribution in [1.82, 2.24) is 5.32 Å². The molecule has 6 nitrogen and oxygen atoms in total. The zero-order valence-electron chi connectivity index (χ0n) is 15.6. The minimum Gasteiger partial charge on any atom is -0.497 e. The van der Waals surface area contributed by atoms with Crippen LogP contribution in [-0.4, -0.2) is 32.6 Å². The highest BCUT2D eigenvalue weighted by atomic mass is 16.5. The number of carbonyl (C=O) groups excluding carboxylic acids is 2. The van der Waals surface area contributed by atoms with Crippen molar-refractivity contribution in [3.8, 4) is 11.5 Å². The van der Waals surface area contributed by atoms with E-state index in [4.69, 9.17) is 9.47 Å². The predicted molar refractivity (Wildman–Crippen MR) is 104 cm³/mol. The Morgan fingerprint density at radius 2 is 1.63 bits per heavy atom. The quantitative estimate of drug-likeness (QED) is 0.786. The molecule has 0 unspecified atom stereocenters. The average molecular weight is 368 g/mol. The summed E-state index contributed by atoms with van der Waals surface area (Å²) in [4.78, 5) is 24.4. The van der Waals surface area contributed by atoms with Gasteiger partial charge >= 0.3 is 0 Å². The molecule has 0 spiro atoms. The summed E-state index contributed by atoms with van der Waals surface area (Å²) in [5.41, 5.74) is 2.37. The lowest BCUT2D eigenvalue weighted by Crippen LogP contribution is -2.32. The van der Waals surface area contributed by atoms with Crippen molar-refractivity contribution in [3.05, 3.63) is 53.6 Å². The lowest BCUT2D eigenvalue weighted by atomic mass is 9.80. The molecule has 1 fully saturated rings. The molecule has 142 valence electrons. The zero-order chi connectivity index (χ0) is 19.2. The molecule has 1 saturated carbocycles. The fourth-order valence-electron chi connectivity index (χ4n) is 3.00. The van der Waals surface area contributed by atoms with Crippen molar-refractivity contribution >= 4 is 17.5 Å². The summed E-state index contributed by atoms with van der Waals surface area (Å²) in [6.07, 6.45) is 3.72. The summed E-state index contributed by atoms with van der Waals surface area (Å²) in [5, 5.41) is 5.36. The van der Waals surface area contributed by atoms with Crippen LogP contribution >= 0.6 is 0 Å². The second-order valence-electron chi connectivity index (χ2n) is 6.58. The SMILES string of the molecule is COc1cc(NC(=O)CNC(=O)c2ccc(C3CCC3)cc2)cc(OC)c1. The average Bonchev–Trinajstić information content (AvgIpc) is 2.65. The number of nitrogens with one attached hydrogen (secondary N) is 2. The van der Waals surface area contributed by atoms with Crippen LogP contribution in [0.3, 0.4) is 0 Å². The summed E-state index contributed by atoms with van der Waals surface area (Å²) in [6.45, 7) is -0.122. The molecule has 0 radical (unpaired) electrons. The Morgan fingerprint density at radius 3 is 2.15 bits per heavy atom. The van der Waals surface area contributed by atoms with Gasteiger partial charge in [0.1, 0.15) is 11.5 Å². The van der Waals surface area contributed by atoms with Gasteiger partial charge in [-0.1, -0.05) is 18.6 Å². The Hall–Kier alpha value is -3.02. The molecule has 2 aromatic rings. The van der Waals surface area contributed by atoms with E-state index in [1.807, 2.05) is 24.3 Å². The van der Waals surface area contributed by atoms with E-state index in [0.29, 0.717) is 28.7 Å². The Kier molecular flexibility index (Phi) is 5.96. The molecule has 2 aromatic carbocycles. The highest BCUT2D eigenvalue weighted by Gasteiger charge is 2.19. The zero-order valence-corrected chi connectivity index (χ0v) is 15.6. The van der Waals surface area contributed by atoms with Gasteiger partial charge in [0, 0.05) is 29.4 Å². The molecule has 0 heterocycles. The summed E-state index contributed by atoms with van der Waals surface area (Å²) in [7, 11) is 3.08. The predicted octanol–water partition coefficient (Wildman–Crippen LogP) is 3.34. The fourth-order valence-corrected chi connectivity index (χ4v) is 3.00. The van der Waals surface area contributed by atoms with Crippen molar-refractivity contribution in [2.45, 2.75) is 25.2 Å². The normalized spacial score (nSPS) is 13.4.